The van der Waals surface area contributed by atoms with E-state index in [-0.39, 0.29) is 47.6 Å². The molecular formula is C43H48ClFN6O7. The normalized spacial score (nSPS) is 20.4. The summed E-state index contributed by atoms with van der Waals surface area (Å²) in [5.41, 5.74) is 0.938. The van der Waals surface area contributed by atoms with Crippen LogP contribution >= 0.6 is 11.6 Å². The summed E-state index contributed by atoms with van der Waals surface area (Å²) in [5, 5.41) is 21.1. The van der Waals surface area contributed by atoms with Crippen LogP contribution in [0.2, 0.25) is 5.02 Å². The minimum Gasteiger partial charge on any atom is -0.489 e. The van der Waals surface area contributed by atoms with Crippen LogP contribution < -0.4 is 26.0 Å². The Labute approximate surface area is 342 Å². The number of nitriles is 1. The van der Waals surface area contributed by atoms with E-state index in [4.69, 9.17) is 26.3 Å². The summed E-state index contributed by atoms with van der Waals surface area (Å²) in [6.07, 6.45) is 3.01. The first-order valence-electron chi connectivity index (χ1n) is 19.5. The van der Waals surface area contributed by atoms with Crippen molar-refractivity contribution < 1.29 is 37.8 Å². The Morgan fingerprint density at radius 1 is 0.931 bits per heavy atom. The number of nitrogens with zero attached hydrogens (tertiary/aromatic N) is 2. The largest absolute Gasteiger partial charge is 0.489 e. The summed E-state index contributed by atoms with van der Waals surface area (Å²) in [7, 11) is 0. The average molecular weight is 815 g/mol. The van der Waals surface area contributed by atoms with Crippen LogP contribution in [0, 0.1) is 28.0 Å². The van der Waals surface area contributed by atoms with Gasteiger partial charge in [0.25, 0.3) is 17.7 Å². The van der Waals surface area contributed by atoms with E-state index in [1.54, 1.807) is 48.5 Å². The third-order valence-electron chi connectivity index (χ3n) is 11.2. The van der Waals surface area contributed by atoms with E-state index in [2.05, 4.69) is 21.3 Å². The predicted molar refractivity (Wildman–Crippen MR) is 215 cm³/mol. The lowest BCUT2D eigenvalue weighted by Crippen LogP contribution is -2.74. The number of amides is 5. The molecule has 1 aliphatic carbocycles. The molecule has 0 bridgehead atoms. The molecule has 0 spiro atoms. The molecule has 2 aliphatic heterocycles. The molecule has 13 nitrogen and oxygen atoms in total. The molecule has 15 heteroatoms. The lowest BCUT2D eigenvalue weighted by atomic mass is 9.49. The quantitative estimate of drug-likeness (QED) is 0.0873. The first kappa shape index (κ1) is 42.1. The second-order valence-electron chi connectivity index (χ2n) is 16.1. The van der Waals surface area contributed by atoms with Crippen LogP contribution in [0.4, 0.5) is 15.8 Å². The van der Waals surface area contributed by atoms with Gasteiger partial charge in [0.05, 0.1) is 27.4 Å². The SMILES string of the molecule is CC1(C)[C@H](NC(=O)c2ccc(NCCCCCOCCCNc3cccc4c3C(=O)N(C3CCC(=O)NC3=O)C4=O)c(F)c2)C(C)(C)[C@H]1Oc1ccc(C#N)c(Cl)c1. The highest BCUT2D eigenvalue weighted by Crippen LogP contribution is 2.55. The topological polar surface area (TPSA) is 179 Å². The van der Waals surface area contributed by atoms with Crippen LogP contribution in [-0.4, -0.2) is 78.9 Å². The van der Waals surface area contributed by atoms with E-state index in [9.17, 15) is 24.0 Å². The van der Waals surface area contributed by atoms with Gasteiger partial charge in [-0.3, -0.25) is 34.2 Å². The molecule has 3 aliphatic rings. The van der Waals surface area contributed by atoms with Crippen LogP contribution in [0.1, 0.15) is 103 Å². The van der Waals surface area contributed by atoms with Crippen LogP contribution in [0.25, 0.3) is 0 Å². The van der Waals surface area contributed by atoms with Gasteiger partial charge in [-0.25, -0.2) is 4.39 Å². The monoisotopic (exact) mass is 814 g/mol. The van der Waals surface area contributed by atoms with Crippen molar-refractivity contribution in [3.05, 3.63) is 87.7 Å². The Kier molecular flexibility index (Phi) is 12.7. The molecule has 5 amide bonds. The number of rotatable bonds is 17. The number of carbonyl (C=O) groups excluding carboxylic acids is 5. The van der Waals surface area contributed by atoms with E-state index in [0.717, 1.165) is 24.2 Å². The van der Waals surface area contributed by atoms with Gasteiger partial charge < -0.3 is 25.4 Å². The Bertz CT molecular complexity index is 2140. The summed E-state index contributed by atoms with van der Waals surface area (Å²) in [6.45, 7) is 10.1. The lowest BCUT2D eigenvalue weighted by Gasteiger charge is -2.63. The Morgan fingerprint density at radius 3 is 2.36 bits per heavy atom. The van der Waals surface area contributed by atoms with Crippen molar-refractivity contribution in [3.63, 3.8) is 0 Å². The minimum absolute atomic E-state index is 0.0583. The van der Waals surface area contributed by atoms with Crippen molar-refractivity contribution in [2.75, 3.05) is 36.9 Å². The second-order valence-corrected chi connectivity index (χ2v) is 16.5. The number of piperidine rings is 1. The molecule has 3 aromatic carbocycles. The summed E-state index contributed by atoms with van der Waals surface area (Å²) in [5.74, 6) is -2.52. The van der Waals surface area contributed by atoms with Gasteiger partial charge in [-0.1, -0.05) is 45.4 Å². The van der Waals surface area contributed by atoms with Crippen LogP contribution in [0.3, 0.4) is 0 Å². The first-order chi connectivity index (χ1) is 27.6. The Balaban J connectivity index is 0.863. The van der Waals surface area contributed by atoms with E-state index in [1.165, 1.54) is 6.07 Å². The molecule has 0 radical (unpaired) electrons. The van der Waals surface area contributed by atoms with Crippen molar-refractivity contribution in [1.82, 2.24) is 15.5 Å². The third kappa shape index (κ3) is 8.66. The standard InChI is InChI=1S/C43H48ClFN6O7/c1-42(2)40(43(3,4)41(42)58-27-14-12-26(24-46)29(44)23-27)50-36(53)25-13-15-31(30(45)22-25)47-18-6-5-7-20-57-21-9-19-48-32-11-8-10-28-35(32)39(56)51(38(28)55)33-16-17-34(52)49-37(33)54/h8,10-15,22-23,33,40-41,47-48H,5-7,9,16-21H2,1-4H3,(H,50,53)(H,49,52,54)/t33?,40-,41-. The van der Waals surface area contributed by atoms with Gasteiger partial charge in [0.15, 0.2) is 0 Å². The molecule has 2 heterocycles. The van der Waals surface area contributed by atoms with E-state index < -0.39 is 46.3 Å². The van der Waals surface area contributed by atoms with Crippen molar-refractivity contribution in [2.45, 2.75) is 84.4 Å². The van der Waals surface area contributed by atoms with Crippen molar-refractivity contribution in [2.24, 2.45) is 10.8 Å². The number of imide groups is 2. The van der Waals surface area contributed by atoms with E-state index >= 15 is 4.39 Å². The molecule has 1 atom stereocenters. The molecule has 3 aromatic rings. The molecule has 306 valence electrons. The predicted octanol–water partition coefficient (Wildman–Crippen LogP) is 6.46. The highest BCUT2D eigenvalue weighted by Gasteiger charge is 2.64. The number of hydrogen-bond acceptors (Lipinski definition) is 10. The zero-order chi connectivity index (χ0) is 41.8. The number of anilines is 2. The highest BCUT2D eigenvalue weighted by molar-refractivity contribution is 6.31. The Hall–Kier alpha value is -5.52. The van der Waals surface area contributed by atoms with Crippen molar-refractivity contribution >= 4 is 52.5 Å². The van der Waals surface area contributed by atoms with Gasteiger partial charge >= 0.3 is 0 Å². The van der Waals surface area contributed by atoms with E-state index in [0.29, 0.717) is 60.4 Å². The maximum atomic E-state index is 15.1. The van der Waals surface area contributed by atoms with Gasteiger partial charge in [0, 0.05) is 66.9 Å². The van der Waals surface area contributed by atoms with Gasteiger partial charge in [-0.05, 0) is 74.6 Å². The first-order valence-corrected chi connectivity index (χ1v) is 19.9. The number of fused-ring (bicyclic) bond motifs is 1. The number of hydrogen-bond donors (Lipinski definition) is 4. The van der Waals surface area contributed by atoms with Crippen molar-refractivity contribution in [1.29, 1.82) is 5.26 Å². The van der Waals surface area contributed by atoms with Gasteiger partial charge in [-0.15, -0.1) is 0 Å². The molecule has 1 saturated heterocycles. The highest BCUT2D eigenvalue weighted by atomic mass is 35.5. The summed E-state index contributed by atoms with van der Waals surface area (Å²) in [4.78, 5) is 64.4. The summed E-state index contributed by atoms with van der Waals surface area (Å²) in [6, 6.07) is 15.1. The second kappa shape index (κ2) is 17.5. The fourth-order valence-corrected chi connectivity index (χ4v) is 8.71. The van der Waals surface area contributed by atoms with Crippen LogP contribution in [0.5, 0.6) is 5.75 Å². The zero-order valence-electron chi connectivity index (χ0n) is 33.0. The molecule has 6 rings (SSSR count). The summed E-state index contributed by atoms with van der Waals surface area (Å²) < 4.78 is 27.1. The average Bonchev–Trinajstić information content (AvgIpc) is 3.44. The Morgan fingerprint density at radius 2 is 1.66 bits per heavy atom. The van der Waals surface area contributed by atoms with Crippen LogP contribution in [0.15, 0.2) is 54.6 Å². The molecular weight excluding hydrogens is 767 g/mol. The number of benzene rings is 3. The third-order valence-corrected chi connectivity index (χ3v) is 11.5. The van der Waals surface area contributed by atoms with Gasteiger partial charge in [0.1, 0.15) is 29.8 Å². The number of nitrogens with one attached hydrogen (secondary N) is 4. The van der Waals surface area contributed by atoms with Gasteiger partial charge in [0.2, 0.25) is 11.8 Å². The number of ether oxygens (including phenoxy) is 2. The van der Waals surface area contributed by atoms with Gasteiger partial charge in [-0.2, -0.15) is 5.26 Å². The van der Waals surface area contributed by atoms with Crippen LogP contribution in [-0.2, 0) is 14.3 Å². The summed E-state index contributed by atoms with van der Waals surface area (Å²) >= 11 is 6.20. The molecule has 0 aromatic heterocycles. The maximum Gasteiger partial charge on any atom is 0.264 e. The number of carbonyl (C=O) groups is 5. The fraction of sp³-hybridized carbons (Fsp3) is 0.442. The molecule has 2 fully saturated rings. The zero-order valence-corrected chi connectivity index (χ0v) is 33.8. The minimum atomic E-state index is -1.02. The molecule has 4 N–H and O–H groups in total. The number of halogens is 2. The maximum absolute atomic E-state index is 15.1. The fourth-order valence-electron chi connectivity index (χ4n) is 8.50. The van der Waals surface area contributed by atoms with Crippen molar-refractivity contribution in [3.8, 4) is 11.8 Å². The van der Waals surface area contributed by atoms with E-state index in [1.807, 2.05) is 33.8 Å². The lowest BCUT2D eigenvalue weighted by molar-refractivity contribution is -0.164. The molecule has 1 saturated carbocycles. The smallest absolute Gasteiger partial charge is 0.264 e. The molecule has 58 heavy (non-hydrogen) atoms. The number of unbranched alkanes of at least 4 members (excludes halogenated alkanes) is 2. The molecule has 1 unspecified atom stereocenters.